The lowest BCUT2D eigenvalue weighted by Gasteiger charge is -2.39. The molecule has 2 aliphatic rings. The summed E-state index contributed by atoms with van der Waals surface area (Å²) in [6.45, 7) is 7.21. The van der Waals surface area contributed by atoms with Crippen LogP contribution in [0.15, 0.2) is 18.5 Å². The third kappa shape index (κ3) is 2.99. The van der Waals surface area contributed by atoms with Crippen LogP contribution in [0.25, 0.3) is 0 Å². The maximum atomic E-state index is 12.8. The van der Waals surface area contributed by atoms with Gasteiger partial charge in [0, 0.05) is 50.4 Å². The van der Waals surface area contributed by atoms with E-state index in [1.165, 1.54) is 0 Å². The Morgan fingerprint density at radius 3 is 2.61 bits per heavy atom. The van der Waals surface area contributed by atoms with E-state index in [4.69, 9.17) is 0 Å². The zero-order valence-electron chi connectivity index (χ0n) is 14.1. The summed E-state index contributed by atoms with van der Waals surface area (Å²) in [6, 6.07) is 1.64. The maximum Gasteiger partial charge on any atom is 0.247 e. The Labute approximate surface area is 137 Å². The molecular weight excluding hydrogens is 292 g/mol. The molecule has 6 heteroatoms. The normalized spacial score (nSPS) is 21.9. The first-order chi connectivity index (χ1) is 11.1. The number of likely N-dealkylation sites (tertiary alicyclic amines) is 2. The molecule has 2 fully saturated rings. The second-order valence-corrected chi connectivity index (χ2v) is 6.82. The Bertz CT molecular complexity index is 561. The lowest BCUT2D eigenvalue weighted by atomic mass is 9.77. The summed E-state index contributed by atoms with van der Waals surface area (Å²) >= 11 is 0. The topological polar surface area (TPSA) is 58.4 Å². The minimum Gasteiger partial charge on any atom is -0.342 e. The zero-order valence-corrected chi connectivity index (χ0v) is 14.1. The predicted molar refractivity (Wildman–Crippen MR) is 86.7 cm³/mol. The largest absolute Gasteiger partial charge is 0.342 e. The standard InChI is InChI=1S/C17H26N4O2/c1-3-14(21-9-5-8-18-21)16(23)20-10-6-17(7-11-20)12-15(22)19(4-2)13-17/h5,8-9,14H,3-4,6-7,10-13H2,1-2H3. The number of hydrogen-bond donors (Lipinski definition) is 0. The molecule has 1 atom stereocenters. The van der Waals surface area contributed by atoms with Gasteiger partial charge in [-0.25, -0.2) is 0 Å². The fourth-order valence-electron chi connectivity index (χ4n) is 3.96. The van der Waals surface area contributed by atoms with Crippen LogP contribution in [0.2, 0.25) is 0 Å². The molecule has 0 aromatic carbocycles. The van der Waals surface area contributed by atoms with E-state index in [0.717, 1.165) is 45.4 Å². The molecular formula is C17H26N4O2. The number of nitrogens with zero attached hydrogens (tertiary/aromatic N) is 4. The summed E-state index contributed by atoms with van der Waals surface area (Å²) < 4.78 is 1.75. The Morgan fingerprint density at radius 1 is 1.35 bits per heavy atom. The van der Waals surface area contributed by atoms with Gasteiger partial charge in [0.2, 0.25) is 11.8 Å². The molecule has 126 valence electrons. The number of rotatable bonds is 4. The van der Waals surface area contributed by atoms with Crippen molar-refractivity contribution in [3.05, 3.63) is 18.5 Å². The first-order valence-electron chi connectivity index (χ1n) is 8.64. The van der Waals surface area contributed by atoms with E-state index in [1.54, 1.807) is 10.9 Å². The molecule has 0 aliphatic carbocycles. The van der Waals surface area contributed by atoms with Crippen LogP contribution in [0.1, 0.15) is 45.6 Å². The fraction of sp³-hybridized carbons (Fsp3) is 0.706. The highest BCUT2D eigenvalue weighted by Crippen LogP contribution is 2.41. The summed E-state index contributed by atoms with van der Waals surface area (Å²) in [5.41, 5.74) is 0.0945. The van der Waals surface area contributed by atoms with E-state index >= 15 is 0 Å². The van der Waals surface area contributed by atoms with Crippen LogP contribution in [-0.2, 0) is 9.59 Å². The predicted octanol–water partition coefficient (Wildman–Crippen LogP) is 1.70. The second kappa shape index (κ2) is 6.34. The molecule has 2 aliphatic heterocycles. The van der Waals surface area contributed by atoms with E-state index < -0.39 is 0 Å². The van der Waals surface area contributed by atoms with Gasteiger partial charge in [-0.1, -0.05) is 6.92 Å². The number of hydrogen-bond acceptors (Lipinski definition) is 3. The van der Waals surface area contributed by atoms with Crippen molar-refractivity contribution in [2.24, 2.45) is 5.41 Å². The first-order valence-corrected chi connectivity index (χ1v) is 8.64. The van der Waals surface area contributed by atoms with Crippen LogP contribution < -0.4 is 0 Å². The fourth-order valence-corrected chi connectivity index (χ4v) is 3.96. The molecule has 1 aromatic heterocycles. The Kier molecular flexibility index (Phi) is 4.41. The van der Waals surface area contributed by atoms with Gasteiger partial charge in [0.1, 0.15) is 6.04 Å². The number of amides is 2. The highest BCUT2D eigenvalue weighted by molar-refractivity contribution is 5.81. The average molecular weight is 318 g/mol. The van der Waals surface area contributed by atoms with Gasteiger partial charge in [-0.05, 0) is 32.3 Å². The van der Waals surface area contributed by atoms with Gasteiger partial charge in [-0.2, -0.15) is 5.10 Å². The summed E-state index contributed by atoms with van der Waals surface area (Å²) in [5, 5.41) is 4.22. The molecule has 6 nitrogen and oxygen atoms in total. The van der Waals surface area contributed by atoms with Crippen molar-refractivity contribution in [3.63, 3.8) is 0 Å². The van der Waals surface area contributed by atoms with Crippen LogP contribution in [0.3, 0.4) is 0 Å². The van der Waals surface area contributed by atoms with Crippen LogP contribution in [0, 0.1) is 5.41 Å². The van der Waals surface area contributed by atoms with Gasteiger partial charge in [-0.15, -0.1) is 0 Å². The third-order valence-corrected chi connectivity index (χ3v) is 5.44. The molecule has 0 saturated carbocycles. The average Bonchev–Trinajstić information content (AvgIpc) is 3.17. The van der Waals surface area contributed by atoms with Crippen LogP contribution >= 0.6 is 0 Å². The van der Waals surface area contributed by atoms with Crippen LogP contribution in [-0.4, -0.2) is 57.6 Å². The number of piperidine rings is 1. The molecule has 1 unspecified atom stereocenters. The highest BCUT2D eigenvalue weighted by Gasteiger charge is 2.45. The van der Waals surface area contributed by atoms with Crippen molar-refractivity contribution in [1.29, 1.82) is 0 Å². The smallest absolute Gasteiger partial charge is 0.247 e. The Morgan fingerprint density at radius 2 is 2.09 bits per heavy atom. The molecule has 0 bridgehead atoms. The number of carbonyl (C=O) groups is 2. The minimum absolute atomic E-state index is 0.0945. The van der Waals surface area contributed by atoms with Crippen molar-refractivity contribution in [3.8, 4) is 0 Å². The summed E-state index contributed by atoms with van der Waals surface area (Å²) in [4.78, 5) is 28.8. The molecule has 0 radical (unpaired) electrons. The van der Waals surface area contributed by atoms with Gasteiger partial charge in [0.15, 0.2) is 0 Å². The molecule has 3 heterocycles. The molecule has 1 aromatic rings. The van der Waals surface area contributed by atoms with E-state index in [9.17, 15) is 9.59 Å². The SMILES string of the molecule is CCC(C(=O)N1CCC2(CC1)CC(=O)N(CC)C2)n1cccn1. The molecule has 23 heavy (non-hydrogen) atoms. The molecule has 1 spiro atoms. The zero-order chi connectivity index (χ0) is 16.4. The van der Waals surface area contributed by atoms with Gasteiger partial charge in [0.25, 0.3) is 0 Å². The van der Waals surface area contributed by atoms with E-state index in [-0.39, 0.29) is 23.3 Å². The van der Waals surface area contributed by atoms with Crippen molar-refractivity contribution < 1.29 is 9.59 Å². The summed E-state index contributed by atoms with van der Waals surface area (Å²) in [5.74, 6) is 0.429. The van der Waals surface area contributed by atoms with E-state index in [2.05, 4.69) is 5.10 Å². The monoisotopic (exact) mass is 318 g/mol. The van der Waals surface area contributed by atoms with Crippen LogP contribution in [0.4, 0.5) is 0 Å². The summed E-state index contributed by atoms with van der Waals surface area (Å²) in [6.07, 6.45) is 6.81. The maximum absolute atomic E-state index is 12.8. The Balaban J connectivity index is 1.63. The van der Waals surface area contributed by atoms with Crippen molar-refractivity contribution in [2.75, 3.05) is 26.2 Å². The second-order valence-electron chi connectivity index (χ2n) is 6.82. The van der Waals surface area contributed by atoms with Crippen molar-refractivity contribution in [1.82, 2.24) is 19.6 Å². The first kappa shape index (κ1) is 16.0. The van der Waals surface area contributed by atoms with E-state index in [0.29, 0.717) is 6.42 Å². The molecule has 2 saturated heterocycles. The van der Waals surface area contributed by atoms with Gasteiger partial charge >= 0.3 is 0 Å². The lowest BCUT2D eigenvalue weighted by molar-refractivity contribution is -0.137. The van der Waals surface area contributed by atoms with Crippen molar-refractivity contribution >= 4 is 11.8 Å². The molecule has 0 N–H and O–H groups in total. The lowest BCUT2D eigenvalue weighted by Crippen LogP contribution is -2.46. The quantitative estimate of drug-likeness (QED) is 0.849. The Hall–Kier alpha value is -1.85. The van der Waals surface area contributed by atoms with E-state index in [1.807, 2.05) is 35.9 Å². The van der Waals surface area contributed by atoms with Gasteiger partial charge in [-0.3, -0.25) is 14.3 Å². The van der Waals surface area contributed by atoms with Gasteiger partial charge in [0.05, 0.1) is 0 Å². The van der Waals surface area contributed by atoms with Crippen LogP contribution in [0.5, 0.6) is 0 Å². The minimum atomic E-state index is -0.212. The van der Waals surface area contributed by atoms with Crippen molar-refractivity contribution in [2.45, 2.75) is 45.6 Å². The molecule has 3 rings (SSSR count). The van der Waals surface area contributed by atoms with Gasteiger partial charge < -0.3 is 9.80 Å². The highest BCUT2D eigenvalue weighted by atomic mass is 16.2. The number of aromatic nitrogens is 2. The number of carbonyl (C=O) groups excluding carboxylic acids is 2. The summed E-state index contributed by atoms with van der Waals surface area (Å²) in [7, 11) is 0. The molecule has 2 amide bonds. The third-order valence-electron chi connectivity index (χ3n) is 5.44.